The molecule has 0 atom stereocenters. The van der Waals surface area contributed by atoms with Crippen molar-refractivity contribution in [3.63, 3.8) is 0 Å². The van der Waals surface area contributed by atoms with E-state index in [1.54, 1.807) is 12.1 Å². The number of hydrogen-bond acceptors (Lipinski definition) is 4. The third-order valence-corrected chi connectivity index (χ3v) is 1.67. The van der Waals surface area contributed by atoms with Crippen LogP contribution in [-0.4, -0.2) is 6.61 Å². The minimum absolute atomic E-state index is 0.286. The SMILES string of the molecule is CCOc1ccc(C#N)c(N)c1N. The average Bonchev–Trinajstić information content (AvgIpc) is 2.14. The number of nitrogens with two attached hydrogens (primary N) is 2. The third-order valence-electron chi connectivity index (χ3n) is 1.67. The number of nitriles is 1. The maximum Gasteiger partial charge on any atom is 0.144 e. The average molecular weight is 177 g/mol. The Labute approximate surface area is 76.7 Å². The van der Waals surface area contributed by atoms with Crippen LogP contribution in [0.25, 0.3) is 0 Å². The lowest BCUT2D eigenvalue weighted by Gasteiger charge is -2.09. The van der Waals surface area contributed by atoms with E-state index in [1.165, 1.54) is 0 Å². The topological polar surface area (TPSA) is 85.1 Å². The molecule has 1 rings (SSSR count). The molecule has 0 aliphatic carbocycles. The first kappa shape index (κ1) is 9.20. The molecule has 4 N–H and O–H groups in total. The number of anilines is 2. The molecule has 0 aliphatic rings. The Morgan fingerprint density at radius 3 is 2.62 bits per heavy atom. The van der Waals surface area contributed by atoms with Crippen molar-refractivity contribution in [3.05, 3.63) is 17.7 Å². The Morgan fingerprint density at radius 1 is 1.38 bits per heavy atom. The molecule has 4 nitrogen and oxygen atoms in total. The molecule has 0 aromatic heterocycles. The number of nitrogen functional groups attached to an aromatic ring is 2. The smallest absolute Gasteiger partial charge is 0.144 e. The van der Waals surface area contributed by atoms with Crippen molar-refractivity contribution in [1.82, 2.24) is 0 Å². The van der Waals surface area contributed by atoms with Crippen LogP contribution in [0.4, 0.5) is 11.4 Å². The molecule has 0 fully saturated rings. The summed E-state index contributed by atoms with van der Waals surface area (Å²) in [6, 6.07) is 5.19. The molecule has 0 saturated carbocycles. The standard InChI is InChI=1S/C9H11N3O/c1-2-13-7-4-3-6(5-10)8(11)9(7)12/h3-4H,2,11-12H2,1H3. The van der Waals surface area contributed by atoms with Crippen LogP contribution in [0.15, 0.2) is 12.1 Å². The van der Waals surface area contributed by atoms with E-state index in [4.69, 9.17) is 21.5 Å². The molecular formula is C9H11N3O. The van der Waals surface area contributed by atoms with Gasteiger partial charge < -0.3 is 16.2 Å². The molecule has 13 heavy (non-hydrogen) atoms. The van der Waals surface area contributed by atoms with Crippen LogP contribution in [0, 0.1) is 11.3 Å². The van der Waals surface area contributed by atoms with E-state index in [2.05, 4.69) is 0 Å². The molecule has 1 aromatic rings. The zero-order valence-electron chi connectivity index (χ0n) is 7.37. The molecule has 0 amide bonds. The van der Waals surface area contributed by atoms with Gasteiger partial charge in [0.1, 0.15) is 11.8 Å². The second-order valence-corrected chi connectivity index (χ2v) is 2.48. The number of benzene rings is 1. The third kappa shape index (κ3) is 1.64. The van der Waals surface area contributed by atoms with Gasteiger partial charge in [-0.1, -0.05) is 0 Å². The van der Waals surface area contributed by atoms with Gasteiger partial charge in [0.05, 0.1) is 23.5 Å². The van der Waals surface area contributed by atoms with Gasteiger partial charge in [-0.15, -0.1) is 0 Å². The molecular weight excluding hydrogens is 166 g/mol. The van der Waals surface area contributed by atoms with E-state index in [9.17, 15) is 0 Å². The zero-order chi connectivity index (χ0) is 9.84. The Balaban J connectivity index is 3.17. The molecule has 0 heterocycles. The molecule has 0 aliphatic heterocycles. The molecule has 68 valence electrons. The van der Waals surface area contributed by atoms with Crippen LogP contribution in [-0.2, 0) is 0 Å². The summed E-state index contributed by atoms with van der Waals surface area (Å²) in [5.74, 6) is 0.527. The normalized spacial score (nSPS) is 9.23. The monoisotopic (exact) mass is 177 g/mol. The first-order valence-corrected chi connectivity index (χ1v) is 3.91. The van der Waals surface area contributed by atoms with Gasteiger partial charge in [0.2, 0.25) is 0 Å². The second kappa shape index (κ2) is 3.68. The minimum Gasteiger partial charge on any atom is -0.492 e. The summed E-state index contributed by atoms with van der Waals surface area (Å²) >= 11 is 0. The quantitative estimate of drug-likeness (QED) is 0.663. The van der Waals surface area contributed by atoms with Crippen LogP contribution in [0.3, 0.4) is 0 Å². The molecule has 0 unspecified atom stereocenters. The second-order valence-electron chi connectivity index (χ2n) is 2.48. The lowest BCUT2D eigenvalue weighted by Crippen LogP contribution is -2.02. The van der Waals surface area contributed by atoms with E-state index in [0.29, 0.717) is 23.6 Å². The van der Waals surface area contributed by atoms with Gasteiger partial charge in [-0.25, -0.2) is 0 Å². The van der Waals surface area contributed by atoms with Crippen LogP contribution in [0.1, 0.15) is 12.5 Å². The van der Waals surface area contributed by atoms with E-state index in [0.717, 1.165) is 0 Å². The van der Waals surface area contributed by atoms with Crippen molar-refractivity contribution in [3.8, 4) is 11.8 Å². The molecule has 0 radical (unpaired) electrons. The van der Waals surface area contributed by atoms with E-state index in [-0.39, 0.29) is 5.69 Å². The fraction of sp³-hybridized carbons (Fsp3) is 0.222. The summed E-state index contributed by atoms with van der Waals surface area (Å²) in [5.41, 5.74) is 12.2. The Morgan fingerprint density at radius 2 is 2.08 bits per heavy atom. The maximum atomic E-state index is 8.64. The van der Waals surface area contributed by atoms with Gasteiger partial charge in [0, 0.05) is 0 Å². The van der Waals surface area contributed by atoms with Gasteiger partial charge in [-0.2, -0.15) is 5.26 Å². The van der Waals surface area contributed by atoms with Crippen molar-refractivity contribution in [2.45, 2.75) is 6.92 Å². The van der Waals surface area contributed by atoms with Gasteiger partial charge in [-0.05, 0) is 19.1 Å². The summed E-state index contributed by atoms with van der Waals surface area (Å²) in [4.78, 5) is 0. The van der Waals surface area contributed by atoms with Gasteiger partial charge in [-0.3, -0.25) is 0 Å². The summed E-state index contributed by atoms with van der Waals surface area (Å²) in [6.07, 6.45) is 0. The lowest BCUT2D eigenvalue weighted by atomic mass is 10.1. The number of rotatable bonds is 2. The van der Waals surface area contributed by atoms with Crippen LogP contribution in [0.2, 0.25) is 0 Å². The minimum atomic E-state index is 0.286. The first-order chi connectivity index (χ1) is 6.20. The summed E-state index contributed by atoms with van der Waals surface area (Å²) in [5, 5.41) is 8.64. The molecule has 0 saturated heterocycles. The predicted octanol–water partition coefficient (Wildman–Crippen LogP) is 1.12. The van der Waals surface area contributed by atoms with Crippen molar-refractivity contribution in [2.75, 3.05) is 18.1 Å². The molecule has 4 heteroatoms. The fourth-order valence-corrected chi connectivity index (χ4v) is 0.995. The molecule has 0 spiro atoms. The largest absolute Gasteiger partial charge is 0.492 e. The number of hydrogen-bond donors (Lipinski definition) is 2. The van der Waals surface area contributed by atoms with Gasteiger partial charge in [0.25, 0.3) is 0 Å². The summed E-state index contributed by atoms with van der Waals surface area (Å²) in [6.45, 7) is 2.38. The van der Waals surface area contributed by atoms with E-state index in [1.807, 2.05) is 13.0 Å². The van der Waals surface area contributed by atoms with Crippen molar-refractivity contribution < 1.29 is 4.74 Å². The highest BCUT2D eigenvalue weighted by Gasteiger charge is 2.07. The molecule has 1 aromatic carbocycles. The lowest BCUT2D eigenvalue weighted by molar-refractivity contribution is 0.342. The van der Waals surface area contributed by atoms with Gasteiger partial charge >= 0.3 is 0 Å². The zero-order valence-corrected chi connectivity index (χ0v) is 7.37. The highest BCUT2D eigenvalue weighted by Crippen LogP contribution is 2.29. The van der Waals surface area contributed by atoms with Crippen LogP contribution in [0.5, 0.6) is 5.75 Å². The van der Waals surface area contributed by atoms with E-state index < -0.39 is 0 Å². The Hall–Kier alpha value is -1.89. The predicted molar refractivity (Wildman–Crippen MR) is 51.2 cm³/mol. The fourth-order valence-electron chi connectivity index (χ4n) is 0.995. The first-order valence-electron chi connectivity index (χ1n) is 3.91. The number of nitrogens with zero attached hydrogens (tertiary/aromatic N) is 1. The van der Waals surface area contributed by atoms with Crippen LogP contribution < -0.4 is 16.2 Å². The maximum absolute atomic E-state index is 8.64. The van der Waals surface area contributed by atoms with Crippen molar-refractivity contribution >= 4 is 11.4 Å². The Kier molecular flexibility index (Phi) is 2.60. The van der Waals surface area contributed by atoms with Crippen LogP contribution >= 0.6 is 0 Å². The van der Waals surface area contributed by atoms with E-state index >= 15 is 0 Å². The summed E-state index contributed by atoms with van der Waals surface area (Å²) in [7, 11) is 0. The molecule has 0 bridgehead atoms. The highest BCUT2D eigenvalue weighted by molar-refractivity contribution is 5.76. The Bertz CT molecular complexity index is 355. The number of ether oxygens (including phenoxy) is 1. The van der Waals surface area contributed by atoms with Crippen molar-refractivity contribution in [1.29, 1.82) is 5.26 Å². The van der Waals surface area contributed by atoms with Gasteiger partial charge in [0.15, 0.2) is 0 Å². The van der Waals surface area contributed by atoms with Crippen molar-refractivity contribution in [2.24, 2.45) is 0 Å². The highest BCUT2D eigenvalue weighted by atomic mass is 16.5. The summed E-state index contributed by atoms with van der Waals surface area (Å²) < 4.78 is 5.20.